The first kappa shape index (κ1) is 24.9. The van der Waals surface area contributed by atoms with Crippen molar-refractivity contribution in [2.75, 3.05) is 7.11 Å². The van der Waals surface area contributed by atoms with Gasteiger partial charge in [0, 0.05) is 16.7 Å². The van der Waals surface area contributed by atoms with Crippen LogP contribution in [0, 0.1) is 0 Å². The van der Waals surface area contributed by atoms with Gasteiger partial charge in [-0.3, -0.25) is 4.79 Å². The summed E-state index contributed by atoms with van der Waals surface area (Å²) in [6.45, 7) is 1.33. The molecule has 5 nitrogen and oxygen atoms in total. The molecule has 0 bridgehead atoms. The van der Waals surface area contributed by atoms with Crippen LogP contribution in [-0.2, 0) is 23.8 Å². The quantitative estimate of drug-likeness (QED) is 0.161. The molecule has 34 heavy (non-hydrogen) atoms. The summed E-state index contributed by atoms with van der Waals surface area (Å²) in [5, 5.41) is 3.69. The molecule has 2 aromatic carbocycles. The van der Waals surface area contributed by atoms with Gasteiger partial charge in [0.15, 0.2) is 5.78 Å². The molecule has 0 saturated carbocycles. The molecule has 0 saturated heterocycles. The number of carbonyl (C=O) groups is 1. The van der Waals surface area contributed by atoms with E-state index >= 15 is 0 Å². The summed E-state index contributed by atoms with van der Waals surface area (Å²) in [6.07, 6.45) is -8.84. The lowest BCUT2D eigenvalue weighted by Gasteiger charge is -2.13. The van der Waals surface area contributed by atoms with Crippen molar-refractivity contribution < 1.29 is 45.1 Å². The number of hydrogen-bond acceptors (Lipinski definition) is 5. The number of benzene rings is 2. The Morgan fingerprint density at radius 3 is 2.18 bits per heavy atom. The van der Waals surface area contributed by atoms with Crippen molar-refractivity contribution in [3.05, 3.63) is 76.5 Å². The molecular formula is C23H17F6NO4. The van der Waals surface area contributed by atoms with Gasteiger partial charge in [0.1, 0.15) is 30.1 Å². The van der Waals surface area contributed by atoms with Crippen molar-refractivity contribution in [2.24, 2.45) is 5.16 Å². The molecule has 11 heteroatoms. The minimum absolute atomic E-state index is 0.0328. The summed E-state index contributed by atoms with van der Waals surface area (Å²) in [5.41, 5.74) is -2.31. The number of furan rings is 1. The molecule has 1 heterocycles. The zero-order valence-electron chi connectivity index (χ0n) is 17.8. The number of oxime groups is 1. The number of ether oxygens (including phenoxy) is 1. The molecule has 0 spiro atoms. The van der Waals surface area contributed by atoms with E-state index < -0.39 is 29.0 Å². The molecule has 0 amide bonds. The highest BCUT2D eigenvalue weighted by molar-refractivity contribution is 5.94. The minimum Gasteiger partial charge on any atom is -0.496 e. The van der Waals surface area contributed by atoms with E-state index in [-0.39, 0.29) is 30.0 Å². The number of halogens is 6. The van der Waals surface area contributed by atoms with Gasteiger partial charge in [-0.2, -0.15) is 26.3 Å². The van der Waals surface area contributed by atoms with Crippen LogP contribution in [0.25, 0.3) is 11.3 Å². The van der Waals surface area contributed by atoms with Crippen LogP contribution in [-0.4, -0.2) is 19.1 Å². The average molecular weight is 485 g/mol. The Hall–Kier alpha value is -3.76. The number of hydrogen-bond donors (Lipinski definition) is 0. The van der Waals surface area contributed by atoms with Gasteiger partial charge in [0.05, 0.1) is 18.2 Å². The van der Waals surface area contributed by atoms with E-state index in [4.69, 9.17) is 14.0 Å². The highest BCUT2D eigenvalue weighted by Gasteiger charge is 2.37. The predicted molar refractivity (Wildman–Crippen MR) is 110 cm³/mol. The molecule has 0 unspecified atom stereocenters. The summed E-state index contributed by atoms with van der Waals surface area (Å²) in [4.78, 5) is 16.7. The van der Waals surface area contributed by atoms with Crippen molar-refractivity contribution in [3.8, 4) is 17.1 Å². The van der Waals surface area contributed by atoms with E-state index in [9.17, 15) is 31.1 Å². The molecule has 0 atom stereocenters. The topological polar surface area (TPSA) is 61.0 Å². The zero-order valence-corrected chi connectivity index (χ0v) is 17.8. The van der Waals surface area contributed by atoms with Crippen LogP contribution in [0.15, 0.2) is 58.1 Å². The van der Waals surface area contributed by atoms with Gasteiger partial charge in [-0.1, -0.05) is 5.16 Å². The molecule has 0 N–H and O–H groups in total. The van der Waals surface area contributed by atoms with Gasteiger partial charge in [-0.25, -0.2) is 0 Å². The first-order chi connectivity index (χ1) is 15.9. The molecule has 0 aliphatic rings. The third-order valence-electron chi connectivity index (χ3n) is 4.66. The molecule has 0 aliphatic heterocycles. The molecule has 180 valence electrons. The van der Waals surface area contributed by atoms with Gasteiger partial charge >= 0.3 is 12.4 Å². The number of Topliss-reactive ketones (excluding diaryl/α,β-unsaturated/α-hetero) is 1. The van der Waals surface area contributed by atoms with Crippen molar-refractivity contribution in [1.29, 1.82) is 0 Å². The predicted octanol–water partition coefficient (Wildman–Crippen LogP) is 6.75. The molecule has 1 aromatic heterocycles. The second-order valence-corrected chi connectivity index (χ2v) is 7.09. The summed E-state index contributed by atoms with van der Waals surface area (Å²) < 4.78 is 88.9. The number of alkyl halides is 6. The van der Waals surface area contributed by atoms with E-state index in [0.29, 0.717) is 29.0 Å². The Morgan fingerprint density at radius 2 is 1.62 bits per heavy atom. The average Bonchev–Trinajstić information content (AvgIpc) is 3.24. The molecule has 0 aliphatic carbocycles. The van der Waals surface area contributed by atoms with Gasteiger partial charge in [0.2, 0.25) is 0 Å². The first-order valence-corrected chi connectivity index (χ1v) is 9.61. The molecule has 3 aromatic rings. The van der Waals surface area contributed by atoms with Crippen LogP contribution in [0.1, 0.15) is 39.7 Å². The van der Waals surface area contributed by atoms with Gasteiger partial charge in [-0.05, 0) is 55.5 Å². The highest BCUT2D eigenvalue weighted by atomic mass is 19.4. The van der Waals surface area contributed by atoms with Gasteiger partial charge < -0.3 is 14.0 Å². The normalized spacial score (nSPS) is 12.2. The lowest BCUT2D eigenvalue weighted by Crippen LogP contribution is -2.11. The van der Waals surface area contributed by atoms with E-state index in [0.717, 1.165) is 6.21 Å². The SMILES string of the molecule is COc1ccc(C(C)=O)cc1CO/N=C/c1ccc(-c2cc(C(F)(F)F)cc(C(F)(F)F)c2)o1. The third kappa shape index (κ3) is 5.97. The van der Waals surface area contributed by atoms with Crippen molar-refractivity contribution in [3.63, 3.8) is 0 Å². The van der Waals surface area contributed by atoms with Crippen LogP contribution >= 0.6 is 0 Å². The fraction of sp³-hybridized carbons (Fsp3) is 0.217. The van der Waals surface area contributed by atoms with E-state index in [1.54, 1.807) is 18.2 Å². The molecule has 3 rings (SSSR count). The number of nitrogens with zero attached hydrogens (tertiary/aromatic N) is 1. The van der Waals surface area contributed by atoms with Gasteiger partial charge in [0.25, 0.3) is 0 Å². The Morgan fingerprint density at radius 1 is 0.971 bits per heavy atom. The highest BCUT2D eigenvalue weighted by Crippen LogP contribution is 2.38. The number of methoxy groups -OCH3 is 1. The Kier molecular flexibility index (Phi) is 7.04. The maximum absolute atomic E-state index is 13.1. The fourth-order valence-electron chi connectivity index (χ4n) is 2.98. The number of rotatable bonds is 7. The summed E-state index contributed by atoms with van der Waals surface area (Å²) >= 11 is 0. The van der Waals surface area contributed by atoms with Crippen molar-refractivity contribution in [1.82, 2.24) is 0 Å². The Bertz CT molecular complexity index is 1180. The monoisotopic (exact) mass is 485 g/mol. The van der Waals surface area contributed by atoms with Crippen LogP contribution < -0.4 is 4.74 Å². The van der Waals surface area contributed by atoms with Crippen LogP contribution in [0.2, 0.25) is 0 Å². The number of carbonyl (C=O) groups excluding carboxylic acids is 1. The fourth-order valence-corrected chi connectivity index (χ4v) is 2.98. The van der Waals surface area contributed by atoms with Crippen LogP contribution in [0.5, 0.6) is 5.75 Å². The standard InChI is InChI=1S/C23H17F6NO4/c1-13(31)14-3-5-20(32-2)16(7-14)12-33-30-11-19-4-6-21(34-19)15-8-17(22(24,25)26)10-18(9-15)23(27,28)29/h3-11H,12H2,1-2H3/b30-11+. The smallest absolute Gasteiger partial charge is 0.416 e. The Balaban J connectivity index is 1.78. The van der Waals surface area contributed by atoms with E-state index in [1.165, 1.54) is 26.2 Å². The van der Waals surface area contributed by atoms with Gasteiger partial charge in [-0.15, -0.1) is 0 Å². The lowest BCUT2D eigenvalue weighted by molar-refractivity contribution is -0.143. The third-order valence-corrected chi connectivity index (χ3v) is 4.66. The van der Waals surface area contributed by atoms with E-state index in [1.807, 2.05) is 0 Å². The van der Waals surface area contributed by atoms with Crippen molar-refractivity contribution in [2.45, 2.75) is 25.9 Å². The maximum atomic E-state index is 13.1. The van der Waals surface area contributed by atoms with E-state index in [2.05, 4.69) is 5.16 Å². The minimum atomic E-state index is -4.97. The van der Waals surface area contributed by atoms with Crippen LogP contribution in [0.4, 0.5) is 26.3 Å². The second kappa shape index (κ2) is 9.62. The van der Waals surface area contributed by atoms with Crippen molar-refractivity contribution >= 4 is 12.0 Å². The zero-order chi connectivity index (χ0) is 25.1. The molecule has 0 radical (unpaired) electrons. The molecular weight excluding hydrogens is 468 g/mol. The number of ketones is 1. The first-order valence-electron chi connectivity index (χ1n) is 9.61. The summed E-state index contributed by atoms with van der Waals surface area (Å²) in [6, 6.07) is 8.48. The van der Waals surface area contributed by atoms with Crippen LogP contribution in [0.3, 0.4) is 0 Å². The maximum Gasteiger partial charge on any atom is 0.416 e. The summed E-state index contributed by atoms with van der Waals surface area (Å²) in [7, 11) is 1.44. The molecule has 0 fully saturated rings. The summed E-state index contributed by atoms with van der Waals surface area (Å²) in [5.74, 6) is 0.128. The Labute approximate surface area is 189 Å². The lowest BCUT2D eigenvalue weighted by atomic mass is 10.0. The second-order valence-electron chi connectivity index (χ2n) is 7.09. The largest absolute Gasteiger partial charge is 0.496 e.